The fourth-order valence-electron chi connectivity index (χ4n) is 4.21. The molecule has 3 rings (SSSR count). The van der Waals surface area contributed by atoms with E-state index in [9.17, 15) is 18.0 Å². The molecular weight excluding hydrogens is 522 g/mol. The van der Waals surface area contributed by atoms with Crippen LogP contribution in [0.3, 0.4) is 0 Å². The summed E-state index contributed by atoms with van der Waals surface area (Å²) in [5.41, 5.74) is 0.545. The molecule has 0 saturated heterocycles. The first-order valence-electron chi connectivity index (χ1n) is 13.0. The molecule has 0 saturated carbocycles. The minimum Gasteiger partial charge on any atom is -0.497 e. The van der Waals surface area contributed by atoms with Crippen LogP contribution in [0.4, 0.5) is 5.69 Å². The Kier molecular flexibility index (Phi) is 9.71. The average Bonchev–Trinajstić information content (AvgIpc) is 2.90. The number of nitrogens with one attached hydrogen (secondary N) is 1. The molecule has 1 heterocycles. The lowest BCUT2D eigenvalue weighted by molar-refractivity contribution is -0.141. The summed E-state index contributed by atoms with van der Waals surface area (Å²) in [5.74, 6) is 0.553. The highest BCUT2D eigenvalue weighted by atomic mass is 32.2. The van der Waals surface area contributed by atoms with Gasteiger partial charge < -0.3 is 24.4 Å². The molecule has 1 atom stereocenters. The third-order valence-corrected chi connectivity index (χ3v) is 7.93. The smallest absolute Gasteiger partial charge is 0.244 e. The third kappa shape index (κ3) is 7.78. The number of benzene rings is 2. The molecule has 0 radical (unpaired) electrons. The largest absolute Gasteiger partial charge is 0.497 e. The van der Waals surface area contributed by atoms with Crippen LogP contribution in [0.1, 0.15) is 46.6 Å². The Balaban J connectivity index is 1.99. The van der Waals surface area contributed by atoms with Gasteiger partial charge in [-0.2, -0.15) is 0 Å². The SMILES string of the molecule is CCC(C(=O)NC(C)(C)C)N(Cc1ccc(OC)cc1)C(=O)CN(c1ccc2c(c1)OCCO2)S(=O)(=O)CC. The Morgan fingerprint density at radius 3 is 2.23 bits per heavy atom. The van der Waals surface area contributed by atoms with Gasteiger partial charge in [-0.15, -0.1) is 0 Å². The third-order valence-electron chi connectivity index (χ3n) is 6.19. The Morgan fingerprint density at radius 1 is 1.03 bits per heavy atom. The number of hydrogen-bond acceptors (Lipinski definition) is 7. The molecule has 1 unspecified atom stereocenters. The van der Waals surface area contributed by atoms with Gasteiger partial charge in [0, 0.05) is 18.2 Å². The maximum Gasteiger partial charge on any atom is 0.244 e. The van der Waals surface area contributed by atoms with Gasteiger partial charge in [0.15, 0.2) is 11.5 Å². The summed E-state index contributed by atoms with van der Waals surface area (Å²) >= 11 is 0. The monoisotopic (exact) mass is 561 g/mol. The molecule has 11 heteroatoms. The molecule has 0 bridgehead atoms. The lowest BCUT2D eigenvalue weighted by Crippen LogP contribution is -2.55. The topological polar surface area (TPSA) is 114 Å². The van der Waals surface area contributed by atoms with Crippen molar-refractivity contribution in [2.45, 2.75) is 59.2 Å². The van der Waals surface area contributed by atoms with Gasteiger partial charge in [-0.3, -0.25) is 13.9 Å². The molecular formula is C28H39N3O7S. The van der Waals surface area contributed by atoms with Gasteiger partial charge in [-0.1, -0.05) is 19.1 Å². The van der Waals surface area contributed by atoms with Gasteiger partial charge >= 0.3 is 0 Å². The highest BCUT2D eigenvalue weighted by molar-refractivity contribution is 7.92. The van der Waals surface area contributed by atoms with Crippen LogP contribution in [0.25, 0.3) is 0 Å². The van der Waals surface area contributed by atoms with Crippen molar-refractivity contribution in [2.24, 2.45) is 0 Å². The van der Waals surface area contributed by atoms with E-state index in [0.29, 0.717) is 36.9 Å². The van der Waals surface area contributed by atoms with Gasteiger partial charge in [0.1, 0.15) is 31.5 Å². The Morgan fingerprint density at radius 2 is 1.67 bits per heavy atom. The van der Waals surface area contributed by atoms with Crippen LogP contribution in [-0.2, 0) is 26.2 Å². The molecule has 10 nitrogen and oxygen atoms in total. The molecule has 0 aromatic heterocycles. The average molecular weight is 562 g/mol. The first kappa shape index (κ1) is 30.1. The number of methoxy groups -OCH3 is 1. The zero-order chi connectivity index (χ0) is 28.8. The van der Waals surface area contributed by atoms with Crippen LogP contribution >= 0.6 is 0 Å². The van der Waals surface area contributed by atoms with Crippen LogP contribution < -0.4 is 23.8 Å². The molecule has 214 valence electrons. The van der Waals surface area contributed by atoms with E-state index in [2.05, 4.69) is 5.32 Å². The van der Waals surface area contributed by atoms with Crippen LogP contribution in [0.5, 0.6) is 17.2 Å². The summed E-state index contributed by atoms with van der Waals surface area (Å²) in [5, 5.41) is 2.96. The molecule has 0 aliphatic carbocycles. The van der Waals surface area contributed by atoms with E-state index in [4.69, 9.17) is 14.2 Å². The minimum atomic E-state index is -3.86. The summed E-state index contributed by atoms with van der Waals surface area (Å²) in [4.78, 5) is 28.7. The number of hydrogen-bond donors (Lipinski definition) is 1. The predicted octanol–water partition coefficient (Wildman–Crippen LogP) is 3.34. The van der Waals surface area contributed by atoms with Crippen molar-refractivity contribution in [2.75, 3.05) is 36.9 Å². The zero-order valence-corrected chi connectivity index (χ0v) is 24.3. The van der Waals surface area contributed by atoms with Crippen LogP contribution in [0.2, 0.25) is 0 Å². The molecule has 1 aliphatic heterocycles. The molecule has 1 aliphatic rings. The second-order valence-corrected chi connectivity index (χ2v) is 12.5. The van der Waals surface area contributed by atoms with E-state index in [1.807, 2.05) is 39.8 Å². The van der Waals surface area contributed by atoms with E-state index < -0.39 is 34.1 Å². The van der Waals surface area contributed by atoms with Crippen molar-refractivity contribution in [3.05, 3.63) is 48.0 Å². The molecule has 1 N–H and O–H groups in total. The van der Waals surface area contributed by atoms with Crippen LogP contribution in [0.15, 0.2) is 42.5 Å². The number of fused-ring (bicyclic) bond motifs is 1. The Hall–Kier alpha value is -3.47. The van der Waals surface area contributed by atoms with Gasteiger partial charge in [-0.05, 0) is 63.9 Å². The lowest BCUT2D eigenvalue weighted by atomic mass is 10.1. The predicted molar refractivity (Wildman–Crippen MR) is 150 cm³/mol. The fourth-order valence-corrected chi connectivity index (χ4v) is 5.26. The van der Waals surface area contributed by atoms with Crippen molar-refractivity contribution >= 4 is 27.5 Å². The van der Waals surface area contributed by atoms with Crippen molar-refractivity contribution in [1.82, 2.24) is 10.2 Å². The Bertz CT molecular complexity index is 1260. The summed E-state index contributed by atoms with van der Waals surface area (Å²) in [6.45, 7) is 9.31. The van der Waals surface area contributed by atoms with E-state index in [1.165, 1.54) is 11.8 Å². The second-order valence-electron chi connectivity index (χ2n) is 10.3. The second kappa shape index (κ2) is 12.6. The van der Waals surface area contributed by atoms with Crippen molar-refractivity contribution in [1.29, 1.82) is 0 Å². The molecule has 2 aromatic rings. The van der Waals surface area contributed by atoms with Crippen LogP contribution in [0, 0.1) is 0 Å². The zero-order valence-electron chi connectivity index (χ0n) is 23.5. The highest BCUT2D eigenvalue weighted by Gasteiger charge is 2.34. The quantitative estimate of drug-likeness (QED) is 0.448. The van der Waals surface area contributed by atoms with E-state index >= 15 is 0 Å². The van der Waals surface area contributed by atoms with Gasteiger partial charge in [0.25, 0.3) is 0 Å². The number of amides is 2. The lowest BCUT2D eigenvalue weighted by Gasteiger charge is -2.35. The summed E-state index contributed by atoms with van der Waals surface area (Å²) in [7, 11) is -2.29. The Labute approximate surface area is 231 Å². The van der Waals surface area contributed by atoms with Gasteiger partial charge in [0.05, 0.1) is 18.6 Å². The van der Waals surface area contributed by atoms with E-state index in [0.717, 1.165) is 9.87 Å². The first-order valence-corrected chi connectivity index (χ1v) is 14.6. The molecule has 0 fully saturated rings. The number of carbonyl (C=O) groups is 2. The highest BCUT2D eigenvalue weighted by Crippen LogP contribution is 2.35. The maximum absolute atomic E-state index is 13.9. The van der Waals surface area contributed by atoms with Crippen molar-refractivity contribution in [3.8, 4) is 17.2 Å². The number of nitrogens with zero attached hydrogens (tertiary/aromatic N) is 2. The fraction of sp³-hybridized carbons (Fsp3) is 0.500. The maximum atomic E-state index is 13.9. The van der Waals surface area contributed by atoms with E-state index in [1.54, 1.807) is 37.4 Å². The summed E-state index contributed by atoms with van der Waals surface area (Å²) in [6.07, 6.45) is 0.342. The molecule has 2 aromatic carbocycles. The first-order chi connectivity index (χ1) is 18.4. The van der Waals surface area contributed by atoms with Gasteiger partial charge in [-0.25, -0.2) is 8.42 Å². The van der Waals surface area contributed by atoms with Crippen LogP contribution in [-0.4, -0.2) is 69.3 Å². The number of carbonyl (C=O) groups excluding carboxylic acids is 2. The minimum absolute atomic E-state index is 0.111. The molecule has 0 spiro atoms. The normalized spacial score (nSPS) is 13.8. The van der Waals surface area contributed by atoms with Crippen molar-refractivity contribution < 1.29 is 32.2 Å². The summed E-state index contributed by atoms with van der Waals surface area (Å²) < 4.78 is 43.9. The van der Waals surface area contributed by atoms with Crippen molar-refractivity contribution in [3.63, 3.8) is 0 Å². The number of anilines is 1. The number of rotatable bonds is 11. The van der Waals surface area contributed by atoms with Gasteiger partial charge in [0.2, 0.25) is 21.8 Å². The summed E-state index contributed by atoms with van der Waals surface area (Å²) in [6, 6.07) is 11.1. The standard InChI is InChI=1S/C28H39N3O7S/c1-7-23(27(33)29-28(3,4)5)30(18-20-9-12-22(36-6)13-10-20)26(32)19-31(39(34,35)8-2)21-11-14-24-25(17-21)38-16-15-37-24/h9-14,17,23H,7-8,15-16,18-19H2,1-6H3,(H,29,33). The molecule has 2 amide bonds. The van der Waals surface area contributed by atoms with E-state index in [-0.39, 0.29) is 23.9 Å². The number of sulfonamides is 1. The molecule has 39 heavy (non-hydrogen) atoms. The number of ether oxygens (including phenoxy) is 3.